The number of aromatic hydroxyl groups is 1. The third-order valence-electron chi connectivity index (χ3n) is 5.16. The standard InChI is InChI=1S/C23H18N4O8S2/c24-17-8-6-14-10-16(36(30,31)32)12-19(28)21(14)22(17)27-26-18-9-7-15(11-20(18)37(33,34)35)25-23(29)13-4-2-1-3-5-13/h1-12,28H,24H2,(H,25,29)(H,30,31,32)(H,33,34,35). The number of phenols is 1. The van der Waals surface area contributed by atoms with Gasteiger partial charge in [0, 0.05) is 17.3 Å². The summed E-state index contributed by atoms with van der Waals surface area (Å²) >= 11 is 0. The first-order valence-corrected chi connectivity index (χ1v) is 13.1. The number of nitrogen functional groups attached to an aromatic ring is 1. The van der Waals surface area contributed by atoms with Gasteiger partial charge in [-0.05, 0) is 47.9 Å². The van der Waals surface area contributed by atoms with Crippen molar-refractivity contribution in [3.8, 4) is 5.75 Å². The molecule has 0 aliphatic rings. The Hall–Kier alpha value is -4.37. The van der Waals surface area contributed by atoms with Crippen LogP contribution in [0.2, 0.25) is 0 Å². The van der Waals surface area contributed by atoms with Gasteiger partial charge in [0.25, 0.3) is 26.1 Å². The van der Waals surface area contributed by atoms with Crippen LogP contribution in [0.15, 0.2) is 92.8 Å². The third kappa shape index (κ3) is 5.57. The van der Waals surface area contributed by atoms with Crippen LogP contribution in [0.4, 0.5) is 22.7 Å². The molecule has 4 rings (SSSR count). The monoisotopic (exact) mass is 542 g/mol. The normalized spacial score (nSPS) is 12.2. The van der Waals surface area contributed by atoms with E-state index >= 15 is 0 Å². The van der Waals surface area contributed by atoms with E-state index < -0.39 is 41.7 Å². The van der Waals surface area contributed by atoms with Gasteiger partial charge in [0.15, 0.2) is 0 Å². The predicted molar refractivity (Wildman–Crippen MR) is 135 cm³/mol. The molecule has 4 aromatic carbocycles. The van der Waals surface area contributed by atoms with Gasteiger partial charge < -0.3 is 16.2 Å². The summed E-state index contributed by atoms with van der Waals surface area (Å²) < 4.78 is 66.0. The van der Waals surface area contributed by atoms with Crippen molar-refractivity contribution in [1.29, 1.82) is 0 Å². The molecule has 190 valence electrons. The topological polar surface area (TPSA) is 209 Å². The SMILES string of the molecule is Nc1ccc2cc(S(=O)(=O)O)cc(O)c2c1N=Nc1ccc(NC(=O)c2ccccc2)cc1S(=O)(=O)O. The fraction of sp³-hybridized carbons (Fsp3) is 0. The van der Waals surface area contributed by atoms with Crippen molar-refractivity contribution >= 4 is 59.7 Å². The Labute approximate surface area is 210 Å². The fourth-order valence-electron chi connectivity index (χ4n) is 3.45. The Morgan fingerprint density at radius 1 is 0.838 bits per heavy atom. The molecule has 6 N–H and O–H groups in total. The molecule has 0 heterocycles. The van der Waals surface area contributed by atoms with E-state index in [1.54, 1.807) is 30.3 Å². The maximum Gasteiger partial charge on any atom is 0.296 e. The number of nitrogens with one attached hydrogen (secondary N) is 1. The number of nitrogens with two attached hydrogens (primary N) is 1. The highest BCUT2D eigenvalue weighted by Crippen LogP contribution is 2.41. The van der Waals surface area contributed by atoms with Crippen LogP contribution in [-0.4, -0.2) is 37.0 Å². The van der Waals surface area contributed by atoms with Gasteiger partial charge in [-0.2, -0.15) is 16.8 Å². The van der Waals surface area contributed by atoms with Gasteiger partial charge in [0.1, 0.15) is 22.0 Å². The van der Waals surface area contributed by atoms with Crippen molar-refractivity contribution in [3.63, 3.8) is 0 Å². The van der Waals surface area contributed by atoms with Crippen molar-refractivity contribution in [2.75, 3.05) is 11.1 Å². The minimum absolute atomic E-state index is 0.00584. The van der Waals surface area contributed by atoms with Crippen molar-refractivity contribution in [2.24, 2.45) is 10.2 Å². The van der Waals surface area contributed by atoms with E-state index in [1.807, 2.05) is 0 Å². The number of hydrogen-bond donors (Lipinski definition) is 5. The molecule has 0 aliphatic heterocycles. The highest BCUT2D eigenvalue weighted by molar-refractivity contribution is 7.86. The van der Waals surface area contributed by atoms with Gasteiger partial charge in [0.05, 0.1) is 16.0 Å². The van der Waals surface area contributed by atoms with Crippen LogP contribution < -0.4 is 11.1 Å². The molecule has 12 nitrogen and oxygen atoms in total. The van der Waals surface area contributed by atoms with Crippen LogP contribution in [0, 0.1) is 0 Å². The molecule has 0 spiro atoms. The van der Waals surface area contributed by atoms with Gasteiger partial charge in [-0.25, -0.2) is 0 Å². The third-order valence-corrected chi connectivity index (χ3v) is 6.88. The van der Waals surface area contributed by atoms with Gasteiger partial charge in [-0.15, -0.1) is 10.2 Å². The maximum absolute atomic E-state index is 12.4. The zero-order chi connectivity index (χ0) is 27.0. The molecule has 0 fully saturated rings. The van der Waals surface area contributed by atoms with Gasteiger partial charge in [-0.1, -0.05) is 24.3 Å². The Morgan fingerprint density at radius 3 is 2.19 bits per heavy atom. The highest BCUT2D eigenvalue weighted by Gasteiger charge is 2.19. The minimum atomic E-state index is -4.82. The average molecular weight is 543 g/mol. The summed E-state index contributed by atoms with van der Waals surface area (Å²) in [5.41, 5.74) is 5.90. The zero-order valence-corrected chi connectivity index (χ0v) is 20.2. The first kappa shape index (κ1) is 25.7. The number of azo groups is 1. The van der Waals surface area contributed by atoms with Crippen molar-refractivity contribution in [2.45, 2.75) is 9.79 Å². The summed E-state index contributed by atoms with van der Waals surface area (Å²) in [6.45, 7) is 0. The molecule has 0 unspecified atom stereocenters. The van der Waals surface area contributed by atoms with E-state index in [0.717, 1.165) is 18.2 Å². The van der Waals surface area contributed by atoms with Crippen LogP contribution in [-0.2, 0) is 20.2 Å². The van der Waals surface area contributed by atoms with E-state index in [9.17, 15) is 35.8 Å². The lowest BCUT2D eigenvalue weighted by Gasteiger charge is -2.10. The first-order chi connectivity index (χ1) is 17.3. The van der Waals surface area contributed by atoms with Crippen molar-refractivity contribution < 1.29 is 35.8 Å². The van der Waals surface area contributed by atoms with Crippen LogP contribution in [0.5, 0.6) is 5.75 Å². The molecule has 0 saturated heterocycles. The van der Waals surface area contributed by atoms with Gasteiger partial charge in [0.2, 0.25) is 0 Å². The predicted octanol–water partition coefficient (Wildman–Crippen LogP) is 4.29. The smallest absolute Gasteiger partial charge is 0.296 e. The number of hydrogen-bond acceptors (Lipinski definition) is 9. The summed E-state index contributed by atoms with van der Waals surface area (Å²) in [6.07, 6.45) is 0. The van der Waals surface area contributed by atoms with Crippen LogP contribution >= 0.6 is 0 Å². The molecule has 4 aromatic rings. The molecule has 37 heavy (non-hydrogen) atoms. The van der Waals surface area contributed by atoms with E-state index in [-0.39, 0.29) is 33.5 Å². The number of nitrogens with zero attached hydrogens (tertiary/aromatic N) is 2. The number of carbonyl (C=O) groups excluding carboxylic acids is 1. The minimum Gasteiger partial charge on any atom is -0.507 e. The molecule has 0 saturated carbocycles. The molecule has 14 heteroatoms. The number of carbonyl (C=O) groups is 1. The molecule has 0 aliphatic carbocycles. The van der Waals surface area contributed by atoms with E-state index in [2.05, 4.69) is 15.5 Å². The van der Waals surface area contributed by atoms with Gasteiger partial charge in [-0.3, -0.25) is 13.9 Å². The second-order valence-electron chi connectivity index (χ2n) is 7.70. The first-order valence-electron chi connectivity index (χ1n) is 10.3. The molecule has 1 amide bonds. The Kier molecular flexibility index (Phi) is 6.66. The van der Waals surface area contributed by atoms with E-state index in [0.29, 0.717) is 5.56 Å². The number of rotatable bonds is 6. The van der Waals surface area contributed by atoms with E-state index in [1.165, 1.54) is 24.3 Å². The van der Waals surface area contributed by atoms with Crippen LogP contribution in [0.1, 0.15) is 10.4 Å². The summed E-state index contributed by atoms with van der Waals surface area (Å²) in [4.78, 5) is 11.2. The lowest BCUT2D eigenvalue weighted by Crippen LogP contribution is -2.12. The lowest BCUT2D eigenvalue weighted by molar-refractivity contribution is 0.102. The van der Waals surface area contributed by atoms with Crippen molar-refractivity contribution in [3.05, 3.63) is 78.4 Å². The number of phenolic OH excluding ortho intramolecular Hbond substituents is 1. The summed E-state index contributed by atoms with van der Waals surface area (Å²) in [7, 11) is -9.44. The van der Waals surface area contributed by atoms with E-state index in [4.69, 9.17) is 5.73 Å². The number of fused-ring (bicyclic) bond motifs is 1. The van der Waals surface area contributed by atoms with Crippen LogP contribution in [0.3, 0.4) is 0 Å². The number of amides is 1. The second kappa shape index (κ2) is 9.59. The van der Waals surface area contributed by atoms with Gasteiger partial charge >= 0.3 is 0 Å². The summed E-state index contributed by atoms with van der Waals surface area (Å²) in [5.74, 6) is -1.10. The average Bonchev–Trinajstić information content (AvgIpc) is 2.83. The lowest BCUT2D eigenvalue weighted by atomic mass is 10.1. The fourth-order valence-corrected chi connectivity index (χ4v) is 4.63. The van der Waals surface area contributed by atoms with Crippen molar-refractivity contribution in [1.82, 2.24) is 0 Å². The molecule has 0 radical (unpaired) electrons. The molecular formula is C23H18N4O8S2. The van der Waals surface area contributed by atoms with Crippen LogP contribution in [0.25, 0.3) is 10.8 Å². The second-order valence-corrected chi connectivity index (χ2v) is 10.5. The quantitative estimate of drug-likeness (QED) is 0.133. The zero-order valence-electron chi connectivity index (χ0n) is 18.6. The Morgan fingerprint density at radius 2 is 1.54 bits per heavy atom. The molecular weight excluding hydrogens is 524 g/mol. The number of benzene rings is 4. The Bertz CT molecular complexity index is 1790. The summed E-state index contributed by atoms with van der Waals surface area (Å²) in [5, 5.41) is 20.8. The maximum atomic E-state index is 12.4. The highest BCUT2D eigenvalue weighted by atomic mass is 32.2. The number of anilines is 2. The molecule has 0 bridgehead atoms. The largest absolute Gasteiger partial charge is 0.507 e. The molecule has 0 atom stereocenters. The Balaban J connectivity index is 1.77. The molecule has 0 aromatic heterocycles. The summed E-state index contributed by atoms with van der Waals surface area (Å²) in [6, 6.07) is 16.3.